The fourth-order valence-corrected chi connectivity index (χ4v) is 2.99. The van der Waals surface area contributed by atoms with Crippen molar-refractivity contribution in [2.75, 3.05) is 0 Å². The van der Waals surface area contributed by atoms with Gasteiger partial charge in [-0.2, -0.15) is 0 Å². The van der Waals surface area contributed by atoms with Crippen LogP contribution in [0, 0.1) is 6.92 Å². The number of carboxylic acids is 1. The van der Waals surface area contributed by atoms with Gasteiger partial charge in [-0.1, -0.05) is 18.2 Å². The number of rotatable bonds is 3. The summed E-state index contributed by atoms with van der Waals surface area (Å²) in [5.41, 5.74) is 2.83. The molecule has 0 saturated carbocycles. The Balaban J connectivity index is 2.09. The topological polar surface area (TPSA) is 50.2 Å². The number of aryl methyl sites for hydroxylation is 1. The second kappa shape index (κ2) is 5.50. The van der Waals surface area contributed by atoms with Crippen LogP contribution >= 0.6 is 11.3 Å². The van der Waals surface area contributed by atoms with Crippen molar-refractivity contribution in [2.45, 2.75) is 6.92 Å². The molecule has 0 atom stereocenters. The first-order chi connectivity index (χ1) is 10.1. The van der Waals surface area contributed by atoms with E-state index in [4.69, 9.17) is 0 Å². The lowest BCUT2D eigenvalue weighted by atomic mass is 10.1. The van der Waals surface area contributed by atoms with Crippen LogP contribution in [0.4, 0.5) is 0 Å². The Bertz CT molecular complexity index is 849. The van der Waals surface area contributed by atoms with E-state index < -0.39 is 5.97 Å². The zero-order valence-electron chi connectivity index (χ0n) is 11.4. The molecule has 21 heavy (non-hydrogen) atoms. The van der Waals surface area contributed by atoms with Crippen molar-refractivity contribution in [2.24, 2.45) is 0 Å². The van der Waals surface area contributed by atoms with Gasteiger partial charge in [0.2, 0.25) is 0 Å². The predicted octanol–water partition coefficient (Wildman–Crippen LogP) is 4.47. The van der Waals surface area contributed by atoms with Crippen LogP contribution in [0.25, 0.3) is 23.1 Å². The van der Waals surface area contributed by atoms with E-state index in [1.165, 1.54) is 5.56 Å². The molecule has 3 rings (SSSR count). The maximum Gasteiger partial charge on any atom is 0.336 e. The first kappa shape index (κ1) is 13.5. The molecule has 0 bridgehead atoms. The number of carboxylic acid groups (broad SMARTS) is 1. The predicted molar refractivity (Wildman–Crippen MR) is 86.7 cm³/mol. The molecule has 2 heterocycles. The highest BCUT2D eigenvalue weighted by Crippen LogP contribution is 2.21. The van der Waals surface area contributed by atoms with E-state index in [9.17, 15) is 9.90 Å². The van der Waals surface area contributed by atoms with Gasteiger partial charge in [-0.25, -0.2) is 9.78 Å². The van der Waals surface area contributed by atoms with Gasteiger partial charge in [-0.15, -0.1) is 11.3 Å². The Morgan fingerprint density at radius 1 is 1.24 bits per heavy atom. The number of thiophene rings is 1. The molecule has 1 aromatic carbocycles. The van der Waals surface area contributed by atoms with Gasteiger partial charge in [-0.05, 0) is 48.2 Å². The van der Waals surface area contributed by atoms with Crippen molar-refractivity contribution in [3.05, 3.63) is 63.5 Å². The maximum absolute atomic E-state index is 11.4. The lowest BCUT2D eigenvalue weighted by Crippen LogP contribution is -2.00. The summed E-state index contributed by atoms with van der Waals surface area (Å²) in [6, 6.07) is 11.0. The van der Waals surface area contributed by atoms with Crippen LogP contribution in [0.5, 0.6) is 0 Å². The van der Waals surface area contributed by atoms with E-state index in [2.05, 4.69) is 11.1 Å². The quantitative estimate of drug-likeness (QED) is 0.775. The van der Waals surface area contributed by atoms with Crippen LogP contribution in [0.15, 0.2) is 41.8 Å². The monoisotopic (exact) mass is 295 g/mol. The smallest absolute Gasteiger partial charge is 0.336 e. The highest BCUT2D eigenvalue weighted by atomic mass is 32.1. The number of nitrogens with zero attached hydrogens (tertiary/aromatic N) is 1. The van der Waals surface area contributed by atoms with Crippen molar-refractivity contribution in [1.29, 1.82) is 0 Å². The summed E-state index contributed by atoms with van der Waals surface area (Å²) in [5.74, 6) is -0.935. The van der Waals surface area contributed by atoms with Gasteiger partial charge in [0, 0.05) is 10.3 Å². The van der Waals surface area contributed by atoms with E-state index in [1.807, 2.05) is 42.7 Å². The van der Waals surface area contributed by atoms with Gasteiger partial charge in [0.15, 0.2) is 0 Å². The lowest BCUT2D eigenvalue weighted by Gasteiger charge is -2.04. The van der Waals surface area contributed by atoms with Crippen molar-refractivity contribution in [1.82, 2.24) is 4.98 Å². The zero-order valence-corrected chi connectivity index (χ0v) is 12.2. The number of fused-ring (bicyclic) bond motifs is 1. The number of benzene rings is 1. The molecule has 4 heteroatoms. The molecule has 104 valence electrons. The number of carbonyl (C=O) groups is 1. The van der Waals surface area contributed by atoms with Crippen LogP contribution in [0.1, 0.15) is 26.5 Å². The molecule has 3 aromatic rings. The SMILES string of the molecule is Cc1ccsc1C=Cc1cc(C(=O)O)c2ccccc2n1. The summed E-state index contributed by atoms with van der Waals surface area (Å²) in [6.45, 7) is 2.05. The molecule has 0 aliphatic rings. The van der Waals surface area contributed by atoms with Crippen molar-refractivity contribution in [3.63, 3.8) is 0 Å². The molecule has 2 aromatic heterocycles. The number of hydrogen-bond acceptors (Lipinski definition) is 3. The van der Waals surface area contributed by atoms with E-state index in [-0.39, 0.29) is 5.56 Å². The maximum atomic E-state index is 11.4. The number of hydrogen-bond donors (Lipinski definition) is 1. The van der Waals surface area contributed by atoms with Crippen molar-refractivity contribution in [3.8, 4) is 0 Å². The summed E-state index contributed by atoms with van der Waals surface area (Å²) in [6.07, 6.45) is 3.83. The van der Waals surface area contributed by atoms with Gasteiger partial charge in [0.05, 0.1) is 16.8 Å². The largest absolute Gasteiger partial charge is 0.478 e. The Morgan fingerprint density at radius 3 is 2.76 bits per heavy atom. The second-order valence-corrected chi connectivity index (χ2v) is 5.67. The van der Waals surface area contributed by atoms with E-state index >= 15 is 0 Å². The molecule has 0 unspecified atom stereocenters. The molecular weight excluding hydrogens is 282 g/mol. The number of pyridine rings is 1. The van der Waals surface area contributed by atoms with Crippen LogP contribution in [0.2, 0.25) is 0 Å². The van der Waals surface area contributed by atoms with Crippen molar-refractivity contribution < 1.29 is 9.90 Å². The molecular formula is C17H13NO2S. The Hall–Kier alpha value is -2.46. The molecule has 0 radical (unpaired) electrons. The molecule has 0 spiro atoms. The minimum atomic E-state index is -0.935. The summed E-state index contributed by atoms with van der Waals surface area (Å²) in [7, 11) is 0. The number of aromatic nitrogens is 1. The molecule has 0 amide bonds. The minimum Gasteiger partial charge on any atom is -0.478 e. The summed E-state index contributed by atoms with van der Waals surface area (Å²) in [4.78, 5) is 17.1. The van der Waals surface area contributed by atoms with Crippen LogP contribution in [-0.4, -0.2) is 16.1 Å². The van der Waals surface area contributed by atoms with Crippen molar-refractivity contribution >= 4 is 40.4 Å². The molecule has 0 aliphatic heterocycles. The van der Waals surface area contributed by atoms with E-state index in [0.29, 0.717) is 16.6 Å². The Kier molecular flexibility index (Phi) is 3.54. The highest BCUT2D eigenvalue weighted by molar-refractivity contribution is 7.11. The van der Waals surface area contributed by atoms with Crippen LogP contribution in [0.3, 0.4) is 0 Å². The zero-order chi connectivity index (χ0) is 14.8. The van der Waals surface area contributed by atoms with Gasteiger partial charge in [0.25, 0.3) is 0 Å². The van der Waals surface area contributed by atoms with Gasteiger partial charge >= 0.3 is 5.97 Å². The molecule has 0 saturated heterocycles. The van der Waals surface area contributed by atoms with Gasteiger partial charge < -0.3 is 5.11 Å². The molecule has 0 fully saturated rings. The molecule has 3 nitrogen and oxygen atoms in total. The third-order valence-corrected chi connectivity index (χ3v) is 4.26. The standard InChI is InChI=1S/C17H13NO2S/c1-11-8-9-21-16(11)7-6-12-10-14(17(19)20)13-4-2-3-5-15(13)18-12/h2-10H,1H3,(H,19,20). The highest BCUT2D eigenvalue weighted by Gasteiger charge is 2.10. The third kappa shape index (κ3) is 2.71. The van der Waals surface area contributed by atoms with E-state index in [0.717, 1.165) is 4.88 Å². The fourth-order valence-electron chi connectivity index (χ4n) is 2.17. The molecule has 1 N–H and O–H groups in total. The minimum absolute atomic E-state index is 0.281. The first-order valence-corrected chi connectivity index (χ1v) is 7.38. The first-order valence-electron chi connectivity index (χ1n) is 6.50. The van der Waals surface area contributed by atoms with E-state index in [1.54, 1.807) is 23.5 Å². The summed E-state index contributed by atoms with van der Waals surface area (Å²) >= 11 is 1.65. The van der Waals surface area contributed by atoms with Gasteiger partial charge in [-0.3, -0.25) is 0 Å². The van der Waals surface area contributed by atoms with Gasteiger partial charge in [0.1, 0.15) is 0 Å². The number of para-hydroxylation sites is 1. The van der Waals surface area contributed by atoms with Crippen LogP contribution in [-0.2, 0) is 0 Å². The Morgan fingerprint density at radius 2 is 2.05 bits per heavy atom. The summed E-state index contributed by atoms with van der Waals surface area (Å²) < 4.78 is 0. The Labute approximate surface area is 126 Å². The second-order valence-electron chi connectivity index (χ2n) is 4.72. The average molecular weight is 295 g/mol. The molecule has 0 aliphatic carbocycles. The fraction of sp³-hybridized carbons (Fsp3) is 0.0588. The number of aromatic carboxylic acids is 1. The van der Waals surface area contributed by atoms with Crippen LogP contribution < -0.4 is 0 Å². The average Bonchev–Trinajstić information content (AvgIpc) is 2.89. The summed E-state index contributed by atoms with van der Waals surface area (Å²) in [5, 5.41) is 12.0. The normalized spacial score (nSPS) is 11.3. The lowest BCUT2D eigenvalue weighted by molar-refractivity contribution is 0.0699. The third-order valence-electron chi connectivity index (χ3n) is 3.27.